The molecule has 2 unspecified atom stereocenters. The summed E-state index contributed by atoms with van der Waals surface area (Å²) in [7, 11) is 0. The second kappa shape index (κ2) is 5.66. The largest absolute Gasteiger partial charge is 0.480 e. The number of hydrogen-bond donors (Lipinski definition) is 4. The first-order chi connectivity index (χ1) is 9.06. The van der Waals surface area contributed by atoms with Crippen LogP contribution < -0.4 is 11.1 Å². The number of nitrogens with two attached hydrogens (primary N) is 1. The summed E-state index contributed by atoms with van der Waals surface area (Å²) in [5.74, 6) is -1.73. The summed E-state index contributed by atoms with van der Waals surface area (Å²) < 4.78 is 0. The predicted molar refractivity (Wildman–Crippen MR) is 67.1 cm³/mol. The van der Waals surface area contributed by atoms with E-state index in [0.29, 0.717) is 12.1 Å². The van der Waals surface area contributed by atoms with E-state index < -0.39 is 12.0 Å². The van der Waals surface area contributed by atoms with Crippen LogP contribution in [0.25, 0.3) is 0 Å². The van der Waals surface area contributed by atoms with Gasteiger partial charge in [0.15, 0.2) is 0 Å². The molecule has 1 aliphatic carbocycles. The first kappa shape index (κ1) is 13.3. The molecule has 1 aromatic rings. The standard InChI is InChI=1S/C12H16N4O3/c13-8-2-1-7(3-8)11(17)16-10(12(18)19)4-9-5-14-6-15-9/h1-2,5-8,10H,3-4,13H2,(H,14,15)(H,16,17)(H,18,19)/t7?,8?,10-/m0/s1. The molecule has 1 amide bonds. The number of carbonyl (C=O) groups excluding carboxylic acids is 1. The first-order valence-electron chi connectivity index (χ1n) is 6.00. The zero-order valence-corrected chi connectivity index (χ0v) is 10.2. The van der Waals surface area contributed by atoms with Crippen LogP contribution in [0.4, 0.5) is 0 Å². The predicted octanol–water partition coefficient (Wildman–Crippen LogP) is -0.575. The maximum Gasteiger partial charge on any atom is 0.326 e. The molecule has 1 aromatic heterocycles. The molecule has 0 radical (unpaired) electrons. The van der Waals surface area contributed by atoms with Crippen molar-refractivity contribution in [2.24, 2.45) is 11.7 Å². The van der Waals surface area contributed by atoms with E-state index in [0.717, 1.165) is 0 Å². The Morgan fingerprint density at radius 2 is 2.37 bits per heavy atom. The molecule has 0 aromatic carbocycles. The van der Waals surface area contributed by atoms with Gasteiger partial charge in [-0.1, -0.05) is 12.2 Å². The number of carbonyl (C=O) groups is 2. The lowest BCUT2D eigenvalue weighted by Crippen LogP contribution is -2.44. The molecule has 19 heavy (non-hydrogen) atoms. The zero-order valence-electron chi connectivity index (χ0n) is 10.2. The number of carboxylic acids is 1. The van der Waals surface area contributed by atoms with Crippen LogP contribution in [0.15, 0.2) is 24.7 Å². The lowest BCUT2D eigenvalue weighted by atomic mass is 10.1. The number of rotatable bonds is 5. The minimum atomic E-state index is -1.07. The van der Waals surface area contributed by atoms with Gasteiger partial charge in [-0.15, -0.1) is 0 Å². The Hall–Kier alpha value is -2.15. The molecular weight excluding hydrogens is 248 g/mol. The summed E-state index contributed by atoms with van der Waals surface area (Å²) in [5, 5.41) is 11.6. The van der Waals surface area contributed by atoms with Crippen molar-refractivity contribution < 1.29 is 14.7 Å². The fraction of sp³-hybridized carbons (Fsp3) is 0.417. The number of nitrogens with one attached hydrogen (secondary N) is 2. The zero-order chi connectivity index (χ0) is 13.8. The van der Waals surface area contributed by atoms with E-state index >= 15 is 0 Å². The van der Waals surface area contributed by atoms with Crippen LogP contribution in [0.3, 0.4) is 0 Å². The number of aliphatic carboxylic acids is 1. The van der Waals surface area contributed by atoms with Gasteiger partial charge in [0.2, 0.25) is 5.91 Å². The lowest BCUT2D eigenvalue weighted by molar-refractivity contribution is -0.142. The molecule has 102 valence electrons. The SMILES string of the molecule is NC1C=CC(C(=O)N[C@@H](Cc2cnc[nH]2)C(=O)O)C1. The number of aromatic amines is 1. The smallest absolute Gasteiger partial charge is 0.326 e. The van der Waals surface area contributed by atoms with Crippen LogP contribution in [-0.2, 0) is 16.0 Å². The van der Waals surface area contributed by atoms with E-state index in [4.69, 9.17) is 10.8 Å². The minimum absolute atomic E-state index is 0.133. The Morgan fingerprint density at radius 1 is 1.58 bits per heavy atom. The van der Waals surface area contributed by atoms with Crippen LogP contribution in [0.1, 0.15) is 12.1 Å². The van der Waals surface area contributed by atoms with Crippen molar-refractivity contribution in [2.75, 3.05) is 0 Å². The normalized spacial score (nSPS) is 23.2. The summed E-state index contributed by atoms with van der Waals surface area (Å²) in [5.41, 5.74) is 6.33. The fourth-order valence-electron chi connectivity index (χ4n) is 2.02. The highest BCUT2D eigenvalue weighted by molar-refractivity contribution is 5.86. The Bertz CT molecular complexity index is 483. The molecule has 2 rings (SSSR count). The molecule has 7 nitrogen and oxygen atoms in total. The van der Waals surface area contributed by atoms with Gasteiger partial charge in [-0.3, -0.25) is 4.79 Å². The van der Waals surface area contributed by atoms with Crippen molar-refractivity contribution in [3.05, 3.63) is 30.4 Å². The molecule has 7 heteroatoms. The number of amides is 1. The van der Waals surface area contributed by atoms with E-state index in [-0.39, 0.29) is 24.3 Å². The highest BCUT2D eigenvalue weighted by atomic mass is 16.4. The Kier molecular flexibility index (Phi) is 3.96. The molecule has 0 saturated heterocycles. The van der Waals surface area contributed by atoms with Gasteiger partial charge in [-0.2, -0.15) is 0 Å². The maximum atomic E-state index is 11.9. The lowest BCUT2D eigenvalue weighted by Gasteiger charge is -2.16. The molecule has 0 fully saturated rings. The average Bonchev–Trinajstić information content (AvgIpc) is 2.99. The summed E-state index contributed by atoms with van der Waals surface area (Å²) >= 11 is 0. The van der Waals surface area contributed by atoms with Gasteiger partial charge in [0.25, 0.3) is 0 Å². The Morgan fingerprint density at radius 3 is 2.89 bits per heavy atom. The van der Waals surface area contributed by atoms with Crippen molar-refractivity contribution in [1.82, 2.24) is 15.3 Å². The highest BCUT2D eigenvalue weighted by Gasteiger charge is 2.27. The van der Waals surface area contributed by atoms with E-state index in [2.05, 4.69) is 15.3 Å². The third-order valence-electron chi connectivity index (χ3n) is 3.05. The first-order valence-corrected chi connectivity index (χ1v) is 6.00. The second-order valence-electron chi connectivity index (χ2n) is 4.57. The topological polar surface area (TPSA) is 121 Å². The van der Waals surface area contributed by atoms with Crippen molar-refractivity contribution in [3.63, 3.8) is 0 Å². The van der Waals surface area contributed by atoms with Crippen molar-refractivity contribution in [1.29, 1.82) is 0 Å². The quantitative estimate of drug-likeness (QED) is 0.530. The monoisotopic (exact) mass is 264 g/mol. The van der Waals surface area contributed by atoms with Gasteiger partial charge in [0.1, 0.15) is 6.04 Å². The van der Waals surface area contributed by atoms with Crippen LogP contribution >= 0.6 is 0 Å². The molecule has 3 atom stereocenters. The van der Waals surface area contributed by atoms with E-state index in [1.807, 2.05) is 0 Å². The van der Waals surface area contributed by atoms with Gasteiger partial charge >= 0.3 is 5.97 Å². The molecule has 5 N–H and O–H groups in total. The van der Waals surface area contributed by atoms with Gasteiger partial charge in [-0.05, 0) is 6.42 Å². The molecule has 0 saturated carbocycles. The van der Waals surface area contributed by atoms with Gasteiger partial charge < -0.3 is 21.1 Å². The number of nitrogens with zero attached hydrogens (tertiary/aromatic N) is 1. The molecule has 0 aliphatic heterocycles. The Balaban J connectivity index is 1.95. The summed E-state index contributed by atoms with van der Waals surface area (Å²) in [6.45, 7) is 0. The van der Waals surface area contributed by atoms with Gasteiger partial charge in [0.05, 0.1) is 12.2 Å². The molecular formula is C12H16N4O3. The average molecular weight is 264 g/mol. The van der Waals surface area contributed by atoms with E-state index in [9.17, 15) is 9.59 Å². The number of H-pyrrole nitrogens is 1. The van der Waals surface area contributed by atoms with Crippen molar-refractivity contribution in [2.45, 2.75) is 24.9 Å². The number of imidazole rings is 1. The maximum absolute atomic E-state index is 11.9. The Labute approximate surface area is 109 Å². The fourth-order valence-corrected chi connectivity index (χ4v) is 2.02. The molecule has 0 spiro atoms. The number of hydrogen-bond acceptors (Lipinski definition) is 4. The van der Waals surface area contributed by atoms with Crippen LogP contribution in [0.2, 0.25) is 0 Å². The number of carboxylic acid groups (broad SMARTS) is 1. The van der Waals surface area contributed by atoms with E-state index in [1.165, 1.54) is 12.5 Å². The van der Waals surface area contributed by atoms with Crippen LogP contribution in [0, 0.1) is 5.92 Å². The molecule has 1 aliphatic rings. The van der Waals surface area contributed by atoms with Crippen LogP contribution in [0.5, 0.6) is 0 Å². The van der Waals surface area contributed by atoms with Crippen molar-refractivity contribution >= 4 is 11.9 Å². The summed E-state index contributed by atoms with van der Waals surface area (Å²) in [4.78, 5) is 29.7. The number of aromatic nitrogens is 2. The summed E-state index contributed by atoms with van der Waals surface area (Å²) in [6.07, 6.45) is 7.16. The summed E-state index contributed by atoms with van der Waals surface area (Å²) in [6, 6.07) is -1.11. The second-order valence-corrected chi connectivity index (χ2v) is 4.57. The van der Waals surface area contributed by atoms with Crippen molar-refractivity contribution in [3.8, 4) is 0 Å². The van der Waals surface area contributed by atoms with E-state index in [1.54, 1.807) is 12.2 Å². The molecule has 1 heterocycles. The van der Waals surface area contributed by atoms with Gasteiger partial charge in [0, 0.05) is 24.4 Å². The highest BCUT2D eigenvalue weighted by Crippen LogP contribution is 2.16. The third kappa shape index (κ3) is 3.41. The van der Waals surface area contributed by atoms with Crippen LogP contribution in [-0.4, -0.2) is 39.0 Å². The molecule has 0 bridgehead atoms. The van der Waals surface area contributed by atoms with Gasteiger partial charge in [-0.25, -0.2) is 9.78 Å². The minimum Gasteiger partial charge on any atom is -0.480 e. The third-order valence-corrected chi connectivity index (χ3v) is 3.05.